The molecule has 0 bridgehead atoms. The van der Waals surface area contributed by atoms with Crippen LogP contribution in [0.15, 0.2) is 30.6 Å². The van der Waals surface area contributed by atoms with E-state index in [0.717, 1.165) is 15.8 Å². The fraction of sp³-hybridized carbons (Fsp3) is 0.308. The van der Waals surface area contributed by atoms with Crippen LogP contribution in [0.4, 0.5) is 14.5 Å². The summed E-state index contributed by atoms with van der Waals surface area (Å²) in [6.07, 6.45) is 2.66. The summed E-state index contributed by atoms with van der Waals surface area (Å²) in [7, 11) is 0. The Morgan fingerprint density at radius 1 is 1.33 bits per heavy atom. The maximum atomic E-state index is 12.6. The number of alkyl halides is 2. The third-order valence-corrected chi connectivity index (χ3v) is 2.78. The van der Waals surface area contributed by atoms with Gasteiger partial charge >= 0.3 is 6.55 Å². The van der Waals surface area contributed by atoms with E-state index in [2.05, 4.69) is 10.3 Å². The topological polar surface area (TPSA) is 29.9 Å². The summed E-state index contributed by atoms with van der Waals surface area (Å²) in [5.41, 5.74) is 3.20. The molecular weight excluding hydrogens is 236 g/mol. The standard InChI is InChI=1S/C13H15F2N3/c1-9-3-4-11(10(2)7-9)17-8-12-16-5-6-18(12)13(14)15/h3-7,13,17H,8H2,1-2H3. The van der Waals surface area contributed by atoms with E-state index in [1.54, 1.807) is 0 Å². The summed E-state index contributed by atoms with van der Waals surface area (Å²) in [5.74, 6) is 0.324. The molecule has 0 aliphatic rings. The van der Waals surface area contributed by atoms with Crippen LogP contribution in [-0.2, 0) is 6.54 Å². The fourth-order valence-electron chi connectivity index (χ4n) is 1.84. The number of nitrogens with zero attached hydrogens (tertiary/aromatic N) is 2. The molecule has 1 heterocycles. The van der Waals surface area contributed by atoms with Gasteiger partial charge in [-0.1, -0.05) is 17.7 Å². The summed E-state index contributed by atoms with van der Waals surface area (Å²) < 4.78 is 26.1. The first-order chi connectivity index (χ1) is 8.58. The Hall–Kier alpha value is -1.91. The highest BCUT2D eigenvalue weighted by Gasteiger charge is 2.11. The van der Waals surface area contributed by atoms with Gasteiger partial charge in [-0.05, 0) is 25.5 Å². The molecule has 0 saturated heterocycles. The molecule has 0 radical (unpaired) electrons. The van der Waals surface area contributed by atoms with Crippen LogP contribution in [0.25, 0.3) is 0 Å². The number of aromatic nitrogens is 2. The first-order valence-electron chi connectivity index (χ1n) is 5.69. The van der Waals surface area contributed by atoms with Gasteiger partial charge in [-0.2, -0.15) is 8.78 Å². The molecule has 5 heteroatoms. The van der Waals surface area contributed by atoms with Crippen LogP contribution in [-0.4, -0.2) is 9.55 Å². The largest absolute Gasteiger partial charge is 0.378 e. The van der Waals surface area contributed by atoms with Crippen LogP contribution in [0.1, 0.15) is 23.5 Å². The average molecular weight is 251 g/mol. The van der Waals surface area contributed by atoms with Crippen molar-refractivity contribution < 1.29 is 8.78 Å². The molecule has 1 aromatic carbocycles. The van der Waals surface area contributed by atoms with Gasteiger partial charge in [0.15, 0.2) is 0 Å². The van der Waals surface area contributed by atoms with E-state index >= 15 is 0 Å². The lowest BCUT2D eigenvalue weighted by atomic mass is 10.1. The average Bonchev–Trinajstić information content (AvgIpc) is 2.76. The zero-order valence-electron chi connectivity index (χ0n) is 10.3. The lowest BCUT2D eigenvalue weighted by Crippen LogP contribution is -2.09. The van der Waals surface area contributed by atoms with Gasteiger partial charge in [0, 0.05) is 18.1 Å². The van der Waals surface area contributed by atoms with E-state index in [0.29, 0.717) is 5.82 Å². The molecule has 0 spiro atoms. The van der Waals surface area contributed by atoms with Crippen LogP contribution in [0.2, 0.25) is 0 Å². The highest BCUT2D eigenvalue weighted by Crippen LogP contribution is 2.18. The molecule has 96 valence electrons. The number of halogens is 2. The van der Waals surface area contributed by atoms with Crippen molar-refractivity contribution in [2.24, 2.45) is 0 Å². The van der Waals surface area contributed by atoms with Gasteiger partial charge in [-0.25, -0.2) is 4.98 Å². The van der Waals surface area contributed by atoms with E-state index < -0.39 is 6.55 Å². The normalized spacial score (nSPS) is 10.9. The lowest BCUT2D eigenvalue weighted by Gasteiger charge is -2.11. The van der Waals surface area contributed by atoms with E-state index in [9.17, 15) is 8.78 Å². The first-order valence-corrected chi connectivity index (χ1v) is 5.69. The third-order valence-electron chi connectivity index (χ3n) is 2.78. The number of hydrogen-bond acceptors (Lipinski definition) is 2. The Bertz CT molecular complexity index is 535. The molecule has 0 amide bonds. The van der Waals surface area contributed by atoms with E-state index in [1.165, 1.54) is 18.0 Å². The smallest absolute Gasteiger partial charge is 0.319 e. The van der Waals surface area contributed by atoms with Crippen molar-refractivity contribution in [3.05, 3.63) is 47.5 Å². The minimum absolute atomic E-state index is 0.279. The highest BCUT2D eigenvalue weighted by atomic mass is 19.3. The molecule has 2 aromatic rings. The molecule has 1 N–H and O–H groups in total. The number of hydrogen-bond donors (Lipinski definition) is 1. The number of anilines is 1. The summed E-state index contributed by atoms with van der Waals surface area (Å²) in [6.45, 7) is 1.72. The van der Waals surface area contributed by atoms with Crippen molar-refractivity contribution in [1.29, 1.82) is 0 Å². The van der Waals surface area contributed by atoms with Crippen LogP contribution in [0, 0.1) is 13.8 Å². The number of aryl methyl sites for hydroxylation is 2. The van der Waals surface area contributed by atoms with E-state index in [1.807, 2.05) is 32.0 Å². The molecule has 0 fully saturated rings. The third kappa shape index (κ3) is 2.67. The number of imidazole rings is 1. The Kier molecular flexibility index (Phi) is 3.60. The molecule has 1 aromatic heterocycles. The summed E-state index contributed by atoms with van der Waals surface area (Å²) in [5, 5.41) is 3.12. The van der Waals surface area contributed by atoms with Gasteiger partial charge in [0.1, 0.15) is 5.82 Å². The Labute approximate surface area is 104 Å². The lowest BCUT2D eigenvalue weighted by molar-refractivity contribution is 0.0673. The van der Waals surface area contributed by atoms with Crippen LogP contribution < -0.4 is 5.32 Å². The van der Waals surface area contributed by atoms with Gasteiger partial charge in [0.05, 0.1) is 6.54 Å². The SMILES string of the molecule is Cc1ccc(NCc2nccn2C(F)F)c(C)c1. The maximum absolute atomic E-state index is 12.6. The molecule has 18 heavy (non-hydrogen) atoms. The molecule has 0 aliphatic heterocycles. The van der Waals surface area contributed by atoms with Crippen LogP contribution in [0.5, 0.6) is 0 Å². The predicted octanol–water partition coefficient (Wildman–Crippen LogP) is 3.51. The van der Waals surface area contributed by atoms with Gasteiger partial charge in [-0.3, -0.25) is 4.57 Å². The first kappa shape index (κ1) is 12.5. The van der Waals surface area contributed by atoms with E-state index in [4.69, 9.17) is 0 Å². The minimum Gasteiger partial charge on any atom is -0.378 e. The minimum atomic E-state index is -2.55. The van der Waals surface area contributed by atoms with Crippen molar-refractivity contribution in [3.8, 4) is 0 Å². The van der Waals surface area contributed by atoms with Crippen molar-refractivity contribution >= 4 is 5.69 Å². The Balaban J connectivity index is 2.09. The van der Waals surface area contributed by atoms with Gasteiger partial charge < -0.3 is 5.32 Å². The monoisotopic (exact) mass is 251 g/mol. The molecule has 3 nitrogen and oxygen atoms in total. The molecule has 2 rings (SSSR count). The Morgan fingerprint density at radius 2 is 2.11 bits per heavy atom. The molecular formula is C13H15F2N3. The maximum Gasteiger partial charge on any atom is 0.319 e. The number of nitrogens with one attached hydrogen (secondary N) is 1. The fourth-order valence-corrected chi connectivity index (χ4v) is 1.84. The summed E-state index contributed by atoms with van der Waals surface area (Å²) >= 11 is 0. The van der Waals surface area contributed by atoms with Gasteiger partial charge in [-0.15, -0.1) is 0 Å². The highest BCUT2D eigenvalue weighted by molar-refractivity contribution is 5.51. The second-order valence-corrected chi connectivity index (χ2v) is 4.20. The second kappa shape index (κ2) is 5.16. The molecule has 0 saturated carbocycles. The quantitative estimate of drug-likeness (QED) is 0.901. The van der Waals surface area contributed by atoms with Crippen LogP contribution in [0.3, 0.4) is 0 Å². The Morgan fingerprint density at radius 3 is 2.78 bits per heavy atom. The predicted molar refractivity (Wildman–Crippen MR) is 66.7 cm³/mol. The molecule has 0 unspecified atom stereocenters. The van der Waals surface area contributed by atoms with E-state index in [-0.39, 0.29) is 6.54 Å². The zero-order chi connectivity index (χ0) is 13.1. The second-order valence-electron chi connectivity index (χ2n) is 4.20. The molecule has 0 aliphatic carbocycles. The van der Waals surface area contributed by atoms with Gasteiger partial charge in [0.25, 0.3) is 0 Å². The molecule has 0 atom stereocenters. The van der Waals surface area contributed by atoms with Crippen molar-refractivity contribution in [1.82, 2.24) is 9.55 Å². The van der Waals surface area contributed by atoms with Crippen molar-refractivity contribution in [3.63, 3.8) is 0 Å². The summed E-state index contributed by atoms with van der Waals surface area (Å²) in [6, 6.07) is 5.97. The summed E-state index contributed by atoms with van der Waals surface area (Å²) in [4.78, 5) is 3.92. The number of rotatable bonds is 4. The zero-order valence-corrected chi connectivity index (χ0v) is 10.3. The van der Waals surface area contributed by atoms with Crippen molar-refractivity contribution in [2.75, 3.05) is 5.32 Å². The van der Waals surface area contributed by atoms with Crippen molar-refractivity contribution in [2.45, 2.75) is 26.9 Å². The van der Waals surface area contributed by atoms with Crippen LogP contribution >= 0.6 is 0 Å². The number of benzene rings is 1. The van der Waals surface area contributed by atoms with Gasteiger partial charge in [0.2, 0.25) is 0 Å².